The molecule has 0 atom stereocenters. The Morgan fingerprint density at radius 3 is 2.26 bits per heavy atom. The number of anilines is 2. The summed E-state index contributed by atoms with van der Waals surface area (Å²) in [5, 5.41) is 30.4. The van der Waals surface area contributed by atoms with E-state index in [1.54, 1.807) is 0 Å². The molecule has 0 aliphatic rings. The average Bonchev–Trinajstić information content (AvgIpc) is 2.32. The van der Waals surface area contributed by atoms with E-state index < -0.39 is 5.91 Å². The zero-order valence-corrected chi connectivity index (χ0v) is 9.79. The predicted octanol–water partition coefficient (Wildman–Crippen LogP) is 1.64. The first-order valence-electron chi connectivity index (χ1n) is 5.39. The van der Waals surface area contributed by atoms with E-state index in [2.05, 4.69) is 5.32 Å². The van der Waals surface area contributed by atoms with E-state index in [-0.39, 0.29) is 28.5 Å². The van der Waals surface area contributed by atoms with Crippen molar-refractivity contribution in [3.63, 3.8) is 0 Å². The minimum absolute atomic E-state index is 0.00488. The standard InChI is InChI=1S/C13H12N2O4/c14-10-5-7(16)2-4-11(10)15-13(19)9-3-1-8(17)6-12(9)18/h1-6,16-18H,14H2,(H,15,19). The van der Waals surface area contributed by atoms with Crippen LogP contribution in [0.3, 0.4) is 0 Å². The van der Waals surface area contributed by atoms with E-state index in [1.807, 2.05) is 0 Å². The van der Waals surface area contributed by atoms with Gasteiger partial charge in [0.25, 0.3) is 5.91 Å². The van der Waals surface area contributed by atoms with Crippen LogP contribution in [0.25, 0.3) is 0 Å². The van der Waals surface area contributed by atoms with Crippen LogP contribution in [0.5, 0.6) is 17.2 Å². The lowest BCUT2D eigenvalue weighted by Gasteiger charge is -2.09. The molecule has 0 saturated heterocycles. The Labute approximate surface area is 108 Å². The van der Waals surface area contributed by atoms with Crippen molar-refractivity contribution in [2.45, 2.75) is 0 Å². The molecule has 0 bridgehead atoms. The fraction of sp³-hybridized carbons (Fsp3) is 0. The molecule has 1 amide bonds. The van der Waals surface area contributed by atoms with E-state index in [9.17, 15) is 15.0 Å². The zero-order valence-electron chi connectivity index (χ0n) is 9.79. The number of rotatable bonds is 2. The Balaban J connectivity index is 2.25. The van der Waals surface area contributed by atoms with Gasteiger partial charge in [-0.2, -0.15) is 0 Å². The maximum Gasteiger partial charge on any atom is 0.259 e. The molecule has 6 N–H and O–H groups in total. The van der Waals surface area contributed by atoms with Gasteiger partial charge in [0.2, 0.25) is 0 Å². The maximum atomic E-state index is 11.9. The van der Waals surface area contributed by atoms with Gasteiger partial charge in [0.05, 0.1) is 16.9 Å². The SMILES string of the molecule is Nc1cc(O)ccc1NC(=O)c1ccc(O)cc1O. The Kier molecular flexibility index (Phi) is 3.15. The molecular weight excluding hydrogens is 248 g/mol. The van der Waals surface area contributed by atoms with Gasteiger partial charge in [0.15, 0.2) is 0 Å². The van der Waals surface area contributed by atoms with Crippen molar-refractivity contribution >= 4 is 17.3 Å². The summed E-state index contributed by atoms with van der Waals surface area (Å²) in [5.74, 6) is -1.06. The molecule has 0 radical (unpaired) electrons. The van der Waals surface area contributed by atoms with Crippen molar-refractivity contribution in [2.75, 3.05) is 11.1 Å². The third-order valence-corrected chi connectivity index (χ3v) is 2.51. The summed E-state index contributed by atoms with van der Waals surface area (Å²) in [6.45, 7) is 0. The molecule has 6 heteroatoms. The molecule has 2 aromatic rings. The number of benzene rings is 2. The smallest absolute Gasteiger partial charge is 0.259 e. The second-order valence-electron chi connectivity index (χ2n) is 3.93. The van der Waals surface area contributed by atoms with Crippen molar-refractivity contribution < 1.29 is 20.1 Å². The van der Waals surface area contributed by atoms with Gasteiger partial charge < -0.3 is 26.4 Å². The molecule has 2 rings (SSSR count). The lowest BCUT2D eigenvalue weighted by atomic mass is 10.1. The fourth-order valence-electron chi connectivity index (χ4n) is 1.57. The summed E-state index contributed by atoms with van der Waals surface area (Å²) < 4.78 is 0. The second-order valence-corrected chi connectivity index (χ2v) is 3.93. The highest BCUT2D eigenvalue weighted by Crippen LogP contribution is 2.26. The summed E-state index contributed by atoms with van der Waals surface area (Å²) in [7, 11) is 0. The number of aromatic hydroxyl groups is 3. The number of hydrogen-bond donors (Lipinski definition) is 5. The molecule has 0 heterocycles. The minimum Gasteiger partial charge on any atom is -0.508 e. The van der Waals surface area contributed by atoms with Gasteiger partial charge in [-0.05, 0) is 24.3 Å². The number of carbonyl (C=O) groups is 1. The minimum atomic E-state index is -0.574. The topological polar surface area (TPSA) is 116 Å². The molecule has 0 saturated carbocycles. The highest BCUT2D eigenvalue weighted by Gasteiger charge is 2.13. The van der Waals surface area contributed by atoms with Gasteiger partial charge in [-0.25, -0.2) is 0 Å². The number of nitrogens with two attached hydrogens (primary N) is 1. The van der Waals surface area contributed by atoms with Crippen molar-refractivity contribution in [1.82, 2.24) is 0 Å². The summed E-state index contributed by atoms with van der Waals surface area (Å²) in [6, 6.07) is 7.76. The first-order chi connectivity index (χ1) is 8.97. The molecule has 98 valence electrons. The number of nitrogens with one attached hydrogen (secondary N) is 1. The Morgan fingerprint density at radius 2 is 1.63 bits per heavy atom. The number of hydrogen-bond acceptors (Lipinski definition) is 5. The van der Waals surface area contributed by atoms with Crippen LogP contribution in [-0.4, -0.2) is 21.2 Å². The lowest BCUT2D eigenvalue weighted by molar-refractivity contribution is 0.102. The van der Waals surface area contributed by atoms with Crippen LogP contribution >= 0.6 is 0 Å². The molecule has 0 aromatic heterocycles. The Bertz CT molecular complexity index is 641. The van der Waals surface area contributed by atoms with Crippen LogP contribution in [-0.2, 0) is 0 Å². The average molecular weight is 260 g/mol. The van der Waals surface area contributed by atoms with Crippen LogP contribution < -0.4 is 11.1 Å². The summed E-state index contributed by atoms with van der Waals surface area (Å²) in [6.07, 6.45) is 0. The number of phenols is 3. The van der Waals surface area contributed by atoms with Gasteiger partial charge in [0.1, 0.15) is 17.2 Å². The monoisotopic (exact) mass is 260 g/mol. The lowest BCUT2D eigenvalue weighted by Crippen LogP contribution is -2.13. The highest BCUT2D eigenvalue weighted by atomic mass is 16.3. The van der Waals surface area contributed by atoms with Crippen LogP contribution in [0.2, 0.25) is 0 Å². The van der Waals surface area contributed by atoms with Gasteiger partial charge in [-0.15, -0.1) is 0 Å². The Morgan fingerprint density at radius 1 is 1.00 bits per heavy atom. The van der Waals surface area contributed by atoms with E-state index in [0.29, 0.717) is 5.69 Å². The normalized spacial score (nSPS) is 10.1. The van der Waals surface area contributed by atoms with E-state index in [4.69, 9.17) is 10.8 Å². The summed E-state index contributed by atoms with van der Waals surface area (Å²) in [4.78, 5) is 11.9. The predicted molar refractivity (Wildman–Crippen MR) is 70.2 cm³/mol. The molecule has 6 nitrogen and oxygen atoms in total. The van der Waals surface area contributed by atoms with Crippen LogP contribution in [0.1, 0.15) is 10.4 Å². The van der Waals surface area contributed by atoms with Crippen molar-refractivity contribution in [3.05, 3.63) is 42.0 Å². The Hall–Kier alpha value is -2.89. The quantitative estimate of drug-likeness (QED) is 0.416. The third-order valence-electron chi connectivity index (χ3n) is 2.51. The van der Waals surface area contributed by atoms with E-state index in [1.165, 1.54) is 30.3 Å². The zero-order chi connectivity index (χ0) is 14.0. The van der Waals surface area contributed by atoms with Crippen LogP contribution in [0, 0.1) is 0 Å². The molecular formula is C13H12N2O4. The van der Waals surface area contributed by atoms with Gasteiger partial charge in [-0.3, -0.25) is 4.79 Å². The van der Waals surface area contributed by atoms with Gasteiger partial charge in [0, 0.05) is 12.1 Å². The first kappa shape index (κ1) is 12.6. The molecule has 0 fully saturated rings. The highest BCUT2D eigenvalue weighted by molar-refractivity contribution is 6.07. The fourth-order valence-corrected chi connectivity index (χ4v) is 1.57. The van der Waals surface area contributed by atoms with Crippen LogP contribution in [0.4, 0.5) is 11.4 Å². The summed E-state index contributed by atoms with van der Waals surface area (Å²) in [5.41, 5.74) is 6.15. The molecule has 0 aliphatic carbocycles. The van der Waals surface area contributed by atoms with Gasteiger partial charge in [-0.1, -0.05) is 0 Å². The van der Waals surface area contributed by atoms with E-state index >= 15 is 0 Å². The van der Waals surface area contributed by atoms with E-state index in [0.717, 1.165) is 6.07 Å². The van der Waals surface area contributed by atoms with Gasteiger partial charge >= 0.3 is 0 Å². The van der Waals surface area contributed by atoms with Crippen molar-refractivity contribution in [2.24, 2.45) is 0 Å². The molecule has 2 aromatic carbocycles. The number of nitrogen functional groups attached to an aromatic ring is 1. The third kappa shape index (κ3) is 2.68. The van der Waals surface area contributed by atoms with Crippen molar-refractivity contribution in [3.8, 4) is 17.2 Å². The van der Waals surface area contributed by atoms with Crippen molar-refractivity contribution in [1.29, 1.82) is 0 Å². The molecule has 0 aliphatic heterocycles. The number of amides is 1. The largest absolute Gasteiger partial charge is 0.508 e. The molecule has 19 heavy (non-hydrogen) atoms. The molecule has 0 unspecified atom stereocenters. The first-order valence-corrected chi connectivity index (χ1v) is 5.39. The summed E-state index contributed by atoms with van der Waals surface area (Å²) >= 11 is 0. The number of carbonyl (C=O) groups excluding carboxylic acids is 1. The second kappa shape index (κ2) is 4.77. The maximum absolute atomic E-state index is 11.9. The molecule has 0 spiro atoms. The number of phenolic OH excluding ortho intramolecular Hbond substituents is 3. The van der Waals surface area contributed by atoms with Crippen LogP contribution in [0.15, 0.2) is 36.4 Å².